The Morgan fingerprint density at radius 1 is 1.05 bits per heavy atom. The molecule has 0 aromatic heterocycles. The van der Waals surface area contributed by atoms with Crippen molar-refractivity contribution < 1.29 is 4.92 Å². The number of nitrogens with zero attached hydrogens (tertiary/aromatic N) is 1. The van der Waals surface area contributed by atoms with Gasteiger partial charge in [0.2, 0.25) is 6.04 Å². The summed E-state index contributed by atoms with van der Waals surface area (Å²) in [5.41, 5.74) is 2.96. The molecular weight excluding hydrogens is 252 g/mol. The van der Waals surface area contributed by atoms with Gasteiger partial charge in [0.15, 0.2) is 0 Å². The number of benzene rings is 2. The van der Waals surface area contributed by atoms with E-state index in [0.29, 0.717) is 0 Å². The molecule has 0 aliphatic rings. The van der Waals surface area contributed by atoms with Crippen molar-refractivity contribution in [2.24, 2.45) is 0 Å². The second kappa shape index (κ2) is 6.19. The molecule has 0 saturated carbocycles. The molecule has 1 N–H and O–H groups in total. The van der Waals surface area contributed by atoms with E-state index < -0.39 is 6.04 Å². The number of anilines is 1. The molecule has 0 fully saturated rings. The van der Waals surface area contributed by atoms with Crippen LogP contribution in [0.2, 0.25) is 0 Å². The highest BCUT2D eigenvalue weighted by molar-refractivity contribution is 5.47. The number of nitro groups is 1. The van der Waals surface area contributed by atoms with Crippen LogP contribution in [-0.2, 0) is 0 Å². The topological polar surface area (TPSA) is 55.2 Å². The fraction of sp³-hybridized carbons (Fsp3) is 0.250. The average Bonchev–Trinajstić information content (AvgIpc) is 2.47. The molecule has 2 rings (SSSR count). The first kappa shape index (κ1) is 14.1. The van der Waals surface area contributed by atoms with Gasteiger partial charge < -0.3 is 5.32 Å². The molecule has 0 heterocycles. The van der Waals surface area contributed by atoms with Gasteiger partial charge in [0.05, 0.1) is 0 Å². The van der Waals surface area contributed by atoms with Gasteiger partial charge >= 0.3 is 0 Å². The van der Waals surface area contributed by atoms with E-state index in [9.17, 15) is 10.1 Å². The van der Waals surface area contributed by atoms with Crippen LogP contribution in [0, 0.1) is 17.0 Å². The Hall–Kier alpha value is -2.36. The molecule has 0 aliphatic heterocycles. The number of aryl methyl sites for hydroxylation is 1. The van der Waals surface area contributed by atoms with Crippen molar-refractivity contribution in [2.75, 3.05) is 5.32 Å². The molecule has 0 unspecified atom stereocenters. The maximum atomic E-state index is 11.1. The van der Waals surface area contributed by atoms with E-state index in [1.54, 1.807) is 6.92 Å². The Balaban J connectivity index is 2.27. The minimum Gasteiger partial charge on any atom is -0.372 e. The Kier molecular flexibility index (Phi) is 4.35. The zero-order valence-electron chi connectivity index (χ0n) is 11.6. The van der Waals surface area contributed by atoms with Crippen LogP contribution in [0.1, 0.15) is 24.1 Å². The van der Waals surface area contributed by atoms with Crippen molar-refractivity contribution in [1.82, 2.24) is 0 Å². The summed E-state index contributed by atoms with van der Waals surface area (Å²) in [6.45, 7) is 3.64. The predicted molar refractivity (Wildman–Crippen MR) is 80.4 cm³/mol. The van der Waals surface area contributed by atoms with Crippen molar-refractivity contribution in [3.05, 3.63) is 75.8 Å². The number of rotatable bonds is 5. The monoisotopic (exact) mass is 270 g/mol. The minimum atomic E-state index is -0.710. The zero-order valence-corrected chi connectivity index (χ0v) is 11.6. The van der Waals surface area contributed by atoms with Crippen molar-refractivity contribution in [2.45, 2.75) is 25.9 Å². The minimum absolute atomic E-state index is 0.251. The van der Waals surface area contributed by atoms with E-state index in [4.69, 9.17) is 0 Å². The van der Waals surface area contributed by atoms with Crippen LogP contribution in [-0.4, -0.2) is 11.0 Å². The Morgan fingerprint density at radius 3 is 2.20 bits per heavy atom. The molecule has 0 radical (unpaired) electrons. The summed E-state index contributed by atoms with van der Waals surface area (Å²) in [4.78, 5) is 10.9. The third-order valence-corrected chi connectivity index (χ3v) is 3.35. The first-order valence-electron chi connectivity index (χ1n) is 6.59. The molecular formula is C16H18N2O2. The number of hydrogen-bond acceptors (Lipinski definition) is 3. The van der Waals surface area contributed by atoms with Gasteiger partial charge in [0, 0.05) is 17.5 Å². The zero-order chi connectivity index (χ0) is 14.5. The maximum absolute atomic E-state index is 11.1. The molecule has 2 aromatic rings. The molecule has 4 nitrogen and oxygen atoms in total. The fourth-order valence-electron chi connectivity index (χ4n) is 2.09. The van der Waals surface area contributed by atoms with Crippen molar-refractivity contribution in [1.29, 1.82) is 0 Å². The number of nitrogens with one attached hydrogen (secondary N) is 1. The van der Waals surface area contributed by atoms with Gasteiger partial charge in [-0.2, -0.15) is 0 Å². The van der Waals surface area contributed by atoms with Crippen LogP contribution >= 0.6 is 0 Å². The van der Waals surface area contributed by atoms with Gasteiger partial charge in [-0.1, -0.05) is 48.0 Å². The molecule has 4 heteroatoms. The van der Waals surface area contributed by atoms with Crippen LogP contribution in [0.25, 0.3) is 0 Å². The van der Waals surface area contributed by atoms with Gasteiger partial charge in [0.1, 0.15) is 6.04 Å². The van der Waals surface area contributed by atoms with Crippen LogP contribution in [0.15, 0.2) is 54.6 Å². The molecule has 0 spiro atoms. The summed E-state index contributed by atoms with van der Waals surface area (Å²) < 4.78 is 0. The van der Waals surface area contributed by atoms with Crippen molar-refractivity contribution in [3.8, 4) is 0 Å². The van der Waals surface area contributed by atoms with E-state index in [1.807, 2.05) is 61.5 Å². The molecule has 20 heavy (non-hydrogen) atoms. The molecule has 0 saturated heterocycles. The second-order valence-electron chi connectivity index (χ2n) is 4.92. The summed E-state index contributed by atoms with van der Waals surface area (Å²) in [6.07, 6.45) is 0. The van der Waals surface area contributed by atoms with Crippen LogP contribution in [0.4, 0.5) is 5.69 Å². The molecule has 0 amide bonds. The van der Waals surface area contributed by atoms with Crippen LogP contribution in [0.3, 0.4) is 0 Å². The van der Waals surface area contributed by atoms with Crippen LogP contribution < -0.4 is 5.32 Å². The summed E-state index contributed by atoms with van der Waals surface area (Å²) in [6, 6.07) is 16.3. The van der Waals surface area contributed by atoms with Gasteiger partial charge in [0.25, 0.3) is 0 Å². The molecule has 0 bridgehead atoms. The highest BCUT2D eigenvalue weighted by atomic mass is 16.6. The lowest BCUT2D eigenvalue weighted by Gasteiger charge is -2.21. The van der Waals surface area contributed by atoms with E-state index >= 15 is 0 Å². The lowest BCUT2D eigenvalue weighted by Crippen LogP contribution is -2.29. The SMILES string of the molecule is Cc1ccc(N[C@@H](c2ccccc2)[C@H](C)[N+](=O)[O-])cc1. The number of hydrogen-bond donors (Lipinski definition) is 1. The third kappa shape index (κ3) is 3.35. The summed E-state index contributed by atoms with van der Waals surface area (Å²) in [5.74, 6) is 0. The van der Waals surface area contributed by atoms with Crippen molar-refractivity contribution >= 4 is 5.69 Å². The normalized spacial score (nSPS) is 13.5. The van der Waals surface area contributed by atoms with E-state index in [-0.39, 0.29) is 11.0 Å². The fourth-order valence-corrected chi connectivity index (χ4v) is 2.09. The Labute approximate surface area is 118 Å². The van der Waals surface area contributed by atoms with Crippen molar-refractivity contribution in [3.63, 3.8) is 0 Å². The van der Waals surface area contributed by atoms with E-state index in [2.05, 4.69) is 5.32 Å². The molecule has 0 aliphatic carbocycles. The van der Waals surface area contributed by atoms with E-state index in [1.165, 1.54) is 0 Å². The first-order chi connectivity index (χ1) is 9.58. The lowest BCUT2D eigenvalue weighted by atomic mass is 10.0. The Bertz CT molecular complexity index is 567. The lowest BCUT2D eigenvalue weighted by molar-refractivity contribution is -0.521. The highest BCUT2D eigenvalue weighted by Gasteiger charge is 2.27. The third-order valence-electron chi connectivity index (χ3n) is 3.35. The molecule has 104 valence electrons. The summed E-state index contributed by atoms with van der Waals surface area (Å²) >= 11 is 0. The van der Waals surface area contributed by atoms with E-state index in [0.717, 1.165) is 16.8 Å². The highest BCUT2D eigenvalue weighted by Crippen LogP contribution is 2.24. The first-order valence-corrected chi connectivity index (χ1v) is 6.59. The summed E-state index contributed by atoms with van der Waals surface area (Å²) in [7, 11) is 0. The second-order valence-corrected chi connectivity index (χ2v) is 4.92. The van der Waals surface area contributed by atoms with Gasteiger partial charge in [-0.05, 0) is 24.6 Å². The standard InChI is InChI=1S/C16H18N2O2/c1-12-8-10-15(11-9-12)17-16(13(2)18(19)20)14-6-4-3-5-7-14/h3-11,13,16-17H,1-2H3/t13-,16+/m0/s1. The Morgan fingerprint density at radius 2 is 1.65 bits per heavy atom. The average molecular weight is 270 g/mol. The smallest absolute Gasteiger partial charge is 0.234 e. The maximum Gasteiger partial charge on any atom is 0.234 e. The quantitative estimate of drug-likeness (QED) is 0.664. The largest absolute Gasteiger partial charge is 0.372 e. The molecule has 2 aromatic carbocycles. The summed E-state index contributed by atoms with van der Waals surface area (Å²) in [5, 5.41) is 14.4. The van der Waals surface area contributed by atoms with Gasteiger partial charge in [-0.25, -0.2) is 0 Å². The van der Waals surface area contributed by atoms with Gasteiger partial charge in [-0.15, -0.1) is 0 Å². The van der Waals surface area contributed by atoms with Gasteiger partial charge in [-0.3, -0.25) is 10.1 Å². The van der Waals surface area contributed by atoms with Crippen LogP contribution in [0.5, 0.6) is 0 Å². The molecule has 2 atom stereocenters. The predicted octanol–water partition coefficient (Wildman–Crippen LogP) is 3.81.